The van der Waals surface area contributed by atoms with Crippen molar-refractivity contribution in [1.82, 2.24) is 4.90 Å². The minimum absolute atomic E-state index is 0.140. The van der Waals surface area contributed by atoms with Gasteiger partial charge in [0.2, 0.25) is 0 Å². The van der Waals surface area contributed by atoms with Crippen LogP contribution in [0.3, 0.4) is 0 Å². The minimum atomic E-state index is -0.207. The van der Waals surface area contributed by atoms with Crippen LogP contribution in [-0.4, -0.2) is 29.2 Å². The highest BCUT2D eigenvalue weighted by molar-refractivity contribution is 5.92. The van der Waals surface area contributed by atoms with Gasteiger partial charge in [0.25, 0.3) is 5.91 Å². The number of rotatable bonds is 10. The highest BCUT2D eigenvalue weighted by atomic mass is 16.3. The van der Waals surface area contributed by atoms with Gasteiger partial charge in [0.05, 0.1) is 0 Å². The van der Waals surface area contributed by atoms with Gasteiger partial charge in [-0.15, -0.1) is 0 Å². The first-order chi connectivity index (χ1) is 8.13. The molecule has 1 N–H and O–H groups in total. The molecule has 0 aromatic rings. The van der Waals surface area contributed by atoms with Gasteiger partial charge < -0.3 is 10.0 Å². The summed E-state index contributed by atoms with van der Waals surface area (Å²) in [6.45, 7) is 7.91. The van der Waals surface area contributed by atoms with Crippen LogP contribution in [0.4, 0.5) is 0 Å². The van der Waals surface area contributed by atoms with Gasteiger partial charge in [-0.3, -0.25) is 4.79 Å². The van der Waals surface area contributed by atoms with Gasteiger partial charge in [-0.05, 0) is 13.3 Å². The summed E-state index contributed by atoms with van der Waals surface area (Å²) in [6, 6.07) is 0. The number of aliphatic hydroxyl groups excluding tert-OH is 1. The first-order valence-electron chi connectivity index (χ1n) is 6.69. The minimum Gasteiger partial charge on any atom is -0.376 e. The maximum Gasteiger partial charge on any atom is 0.250 e. The van der Waals surface area contributed by atoms with E-state index in [0.717, 1.165) is 12.8 Å². The fraction of sp³-hybridized carbons (Fsp3) is 0.786. The molecule has 0 rings (SSSR count). The molecule has 0 saturated carbocycles. The lowest BCUT2D eigenvalue weighted by Crippen LogP contribution is -2.33. The van der Waals surface area contributed by atoms with Crippen LogP contribution in [0.1, 0.15) is 58.8 Å². The van der Waals surface area contributed by atoms with E-state index in [-0.39, 0.29) is 12.6 Å². The van der Waals surface area contributed by atoms with Crippen LogP contribution in [0.2, 0.25) is 0 Å². The molecule has 1 amide bonds. The third-order valence-electron chi connectivity index (χ3n) is 2.85. The van der Waals surface area contributed by atoms with Gasteiger partial charge in [-0.25, -0.2) is 0 Å². The second-order valence-electron chi connectivity index (χ2n) is 4.61. The zero-order valence-corrected chi connectivity index (χ0v) is 11.4. The summed E-state index contributed by atoms with van der Waals surface area (Å²) in [4.78, 5) is 13.0. The van der Waals surface area contributed by atoms with Crippen molar-refractivity contribution in [3.05, 3.63) is 12.2 Å². The van der Waals surface area contributed by atoms with E-state index in [2.05, 4.69) is 13.5 Å². The summed E-state index contributed by atoms with van der Waals surface area (Å²) in [5.74, 6) is -0.140. The smallest absolute Gasteiger partial charge is 0.250 e. The number of carbonyl (C=O) groups is 1. The molecule has 0 radical (unpaired) electrons. The van der Waals surface area contributed by atoms with E-state index < -0.39 is 0 Å². The fourth-order valence-corrected chi connectivity index (χ4v) is 1.77. The average Bonchev–Trinajstić information content (AvgIpc) is 2.32. The molecule has 0 spiro atoms. The summed E-state index contributed by atoms with van der Waals surface area (Å²) in [6.07, 6.45) is 8.49. The van der Waals surface area contributed by atoms with Crippen molar-refractivity contribution >= 4 is 5.91 Å². The summed E-state index contributed by atoms with van der Waals surface area (Å²) in [5, 5.41) is 9.08. The van der Waals surface area contributed by atoms with Gasteiger partial charge in [-0.2, -0.15) is 0 Å². The standard InChI is InChI=1S/C14H27NO2/c1-4-5-6-7-8-9-10-11-15(12-16)14(17)13(2)3/h16H,2,4-12H2,1,3H3. The third kappa shape index (κ3) is 7.97. The van der Waals surface area contributed by atoms with Crippen LogP contribution in [-0.2, 0) is 4.79 Å². The molecular weight excluding hydrogens is 214 g/mol. The van der Waals surface area contributed by atoms with Gasteiger partial charge in [0.15, 0.2) is 0 Å². The summed E-state index contributed by atoms with van der Waals surface area (Å²) < 4.78 is 0. The van der Waals surface area contributed by atoms with Crippen molar-refractivity contribution in [2.24, 2.45) is 0 Å². The van der Waals surface area contributed by atoms with E-state index in [4.69, 9.17) is 5.11 Å². The number of hydrogen-bond donors (Lipinski definition) is 1. The number of amides is 1. The van der Waals surface area contributed by atoms with E-state index in [1.165, 1.54) is 37.0 Å². The molecule has 0 atom stereocenters. The lowest BCUT2D eigenvalue weighted by atomic mass is 10.1. The van der Waals surface area contributed by atoms with Gasteiger partial charge in [-0.1, -0.05) is 52.0 Å². The van der Waals surface area contributed by atoms with E-state index in [0.29, 0.717) is 12.1 Å². The molecule has 0 aliphatic rings. The normalized spacial score (nSPS) is 10.3. The Labute approximate surface area is 106 Å². The summed E-state index contributed by atoms with van der Waals surface area (Å²) in [5.41, 5.74) is 0.488. The zero-order valence-electron chi connectivity index (χ0n) is 11.4. The largest absolute Gasteiger partial charge is 0.376 e. The summed E-state index contributed by atoms with van der Waals surface area (Å²) in [7, 11) is 0. The number of unbranched alkanes of at least 4 members (excludes halogenated alkanes) is 6. The first kappa shape index (κ1) is 16.2. The Hall–Kier alpha value is -0.830. The second-order valence-corrected chi connectivity index (χ2v) is 4.61. The zero-order chi connectivity index (χ0) is 13.1. The van der Waals surface area contributed by atoms with Crippen molar-refractivity contribution in [3.63, 3.8) is 0 Å². The van der Waals surface area contributed by atoms with E-state index in [1.807, 2.05) is 0 Å². The Kier molecular flexibility index (Phi) is 9.83. The molecule has 0 aliphatic heterocycles. The molecule has 0 bridgehead atoms. The topological polar surface area (TPSA) is 40.5 Å². The first-order valence-corrected chi connectivity index (χ1v) is 6.69. The predicted octanol–water partition coefficient (Wildman–Crippen LogP) is 3.09. The number of aliphatic hydroxyl groups is 1. The van der Waals surface area contributed by atoms with Crippen LogP contribution < -0.4 is 0 Å². The maximum absolute atomic E-state index is 11.5. The number of carbonyl (C=O) groups excluding carboxylic acids is 1. The molecule has 100 valence electrons. The second kappa shape index (κ2) is 10.3. The lowest BCUT2D eigenvalue weighted by molar-refractivity contribution is -0.130. The Morgan fingerprint density at radius 1 is 1.12 bits per heavy atom. The van der Waals surface area contributed by atoms with E-state index >= 15 is 0 Å². The van der Waals surface area contributed by atoms with Crippen LogP contribution in [0.15, 0.2) is 12.2 Å². The Morgan fingerprint density at radius 2 is 1.65 bits per heavy atom. The van der Waals surface area contributed by atoms with Crippen molar-refractivity contribution < 1.29 is 9.90 Å². The highest BCUT2D eigenvalue weighted by Crippen LogP contribution is 2.08. The highest BCUT2D eigenvalue weighted by Gasteiger charge is 2.11. The molecule has 0 fully saturated rings. The SMILES string of the molecule is C=C(C)C(=O)N(CO)CCCCCCCCC. The molecule has 0 aliphatic carbocycles. The molecule has 3 heteroatoms. The molecule has 0 aromatic heterocycles. The fourth-order valence-electron chi connectivity index (χ4n) is 1.77. The number of hydrogen-bond acceptors (Lipinski definition) is 2. The molecule has 0 saturated heterocycles. The van der Waals surface area contributed by atoms with Crippen LogP contribution in [0.25, 0.3) is 0 Å². The van der Waals surface area contributed by atoms with Crippen molar-refractivity contribution in [2.45, 2.75) is 58.8 Å². The van der Waals surface area contributed by atoms with Gasteiger partial charge >= 0.3 is 0 Å². The molecule has 0 aromatic carbocycles. The van der Waals surface area contributed by atoms with Gasteiger partial charge in [0.1, 0.15) is 6.73 Å². The Morgan fingerprint density at radius 3 is 2.12 bits per heavy atom. The maximum atomic E-state index is 11.5. The van der Waals surface area contributed by atoms with Crippen LogP contribution in [0.5, 0.6) is 0 Å². The van der Waals surface area contributed by atoms with Crippen molar-refractivity contribution in [3.8, 4) is 0 Å². The van der Waals surface area contributed by atoms with Crippen molar-refractivity contribution in [1.29, 1.82) is 0 Å². The van der Waals surface area contributed by atoms with Crippen molar-refractivity contribution in [2.75, 3.05) is 13.3 Å². The monoisotopic (exact) mass is 241 g/mol. The molecule has 0 unspecified atom stereocenters. The number of nitrogens with zero attached hydrogens (tertiary/aromatic N) is 1. The molecule has 17 heavy (non-hydrogen) atoms. The molecule has 0 heterocycles. The van der Waals surface area contributed by atoms with E-state index in [1.54, 1.807) is 6.92 Å². The lowest BCUT2D eigenvalue weighted by Gasteiger charge is -2.19. The molecule has 3 nitrogen and oxygen atoms in total. The molecular formula is C14H27NO2. The quantitative estimate of drug-likeness (QED) is 0.363. The third-order valence-corrected chi connectivity index (χ3v) is 2.85. The van der Waals surface area contributed by atoms with Gasteiger partial charge in [0, 0.05) is 12.1 Å². The van der Waals surface area contributed by atoms with Crippen LogP contribution in [0, 0.1) is 0 Å². The van der Waals surface area contributed by atoms with E-state index in [9.17, 15) is 4.79 Å². The Bertz CT molecular complexity index is 226. The average molecular weight is 241 g/mol. The predicted molar refractivity (Wildman–Crippen MR) is 71.6 cm³/mol. The summed E-state index contributed by atoms with van der Waals surface area (Å²) >= 11 is 0. The Balaban J connectivity index is 3.57. The van der Waals surface area contributed by atoms with Crippen LogP contribution >= 0.6 is 0 Å².